The van der Waals surface area contributed by atoms with Gasteiger partial charge in [-0.15, -0.1) is 11.8 Å². The van der Waals surface area contributed by atoms with Gasteiger partial charge in [0.2, 0.25) is 0 Å². The molecule has 0 unspecified atom stereocenters. The molecule has 0 aliphatic carbocycles. The Morgan fingerprint density at radius 2 is 1.47 bits per heavy atom. The minimum absolute atomic E-state index is 0.192. The summed E-state index contributed by atoms with van der Waals surface area (Å²) >= 11 is 1.59. The van der Waals surface area contributed by atoms with Crippen molar-refractivity contribution in [2.75, 3.05) is 5.75 Å². The zero-order chi connectivity index (χ0) is 13.8. The number of hydrogen-bond donors (Lipinski definition) is 0. The monoisotopic (exact) mass is 270 g/mol. The van der Waals surface area contributed by atoms with Crippen molar-refractivity contribution in [2.24, 2.45) is 0 Å². The molecular formula is C17H18OS. The van der Waals surface area contributed by atoms with Gasteiger partial charge in [0.1, 0.15) is 0 Å². The van der Waals surface area contributed by atoms with Crippen LogP contribution in [0.1, 0.15) is 27.0 Å². The standard InChI is InChI=1S/C17H18OS/c1-12-4-6-16(7-5-12)19-11-17(18)15-9-13(2)8-14(3)10-15/h4-10H,11H2,1-3H3. The molecule has 0 saturated carbocycles. The van der Waals surface area contributed by atoms with E-state index in [0.29, 0.717) is 5.75 Å². The highest BCUT2D eigenvalue weighted by atomic mass is 32.2. The molecule has 2 aromatic carbocycles. The molecule has 0 N–H and O–H groups in total. The first kappa shape index (κ1) is 13.9. The molecule has 0 aliphatic rings. The fraction of sp³-hybridized carbons (Fsp3) is 0.235. The van der Waals surface area contributed by atoms with Crippen molar-refractivity contribution in [3.8, 4) is 0 Å². The van der Waals surface area contributed by atoms with Gasteiger partial charge < -0.3 is 0 Å². The maximum absolute atomic E-state index is 12.2. The Morgan fingerprint density at radius 1 is 0.895 bits per heavy atom. The Morgan fingerprint density at radius 3 is 2.05 bits per heavy atom. The molecule has 0 spiro atoms. The highest BCUT2D eigenvalue weighted by Crippen LogP contribution is 2.20. The van der Waals surface area contributed by atoms with Crippen molar-refractivity contribution in [1.29, 1.82) is 0 Å². The molecule has 2 rings (SSSR count). The van der Waals surface area contributed by atoms with Crippen LogP contribution in [0.5, 0.6) is 0 Å². The summed E-state index contributed by atoms with van der Waals surface area (Å²) in [6.45, 7) is 6.11. The quantitative estimate of drug-likeness (QED) is 0.597. The average molecular weight is 270 g/mol. The van der Waals surface area contributed by atoms with Crippen LogP contribution < -0.4 is 0 Å². The zero-order valence-corrected chi connectivity index (χ0v) is 12.4. The first-order chi connectivity index (χ1) is 9.04. The summed E-state index contributed by atoms with van der Waals surface area (Å²) in [5.41, 5.74) is 4.34. The van der Waals surface area contributed by atoms with Crippen molar-refractivity contribution >= 4 is 17.5 Å². The zero-order valence-electron chi connectivity index (χ0n) is 11.6. The molecule has 98 valence electrons. The first-order valence-electron chi connectivity index (χ1n) is 6.35. The number of benzene rings is 2. The van der Waals surface area contributed by atoms with E-state index in [1.165, 1.54) is 5.56 Å². The molecule has 0 aliphatic heterocycles. The summed E-state index contributed by atoms with van der Waals surface area (Å²) in [5, 5.41) is 0. The molecule has 0 fully saturated rings. The van der Waals surface area contributed by atoms with Crippen molar-refractivity contribution < 1.29 is 4.79 Å². The lowest BCUT2D eigenvalue weighted by atomic mass is 10.1. The number of carbonyl (C=O) groups is 1. The summed E-state index contributed by atoms with van der Waals surface area (Å²) in [5.74, 6) is 0.684. The van der Waals surface area contributed by atoms with Gasteiger partial charge in [-0.1, -0.05) is 34.9 Å². The van der Waals surface area contributed by atoms with Gasteiger partial charge in [-0.2, -0.15) is 0 Å². The Hall–Kier alpha value is -1.54. The van der Waals surface area contributed by atoms with Gasteiger partial charge in [-0.3, -0.25) is 4.79 Å². The Labute approximate surface area is 119 Å². The second kappa shape index (κ2) is 6.07. The molecule has 0 atom stereocenters. The summed E-state index contributed by atoms with van der Waals surface area (Å²) in [4.78, 5) is 13.3. The minimum atomic E-state index is 0.192. The summed E-state index contributed by atoms with van der Waals surface area (Å²) < 4.78 is 0. The van der Waals surface area contributed by atoms with Crippen LogP contribution in [0.15, 0.2) is 47.4 Å². The Kier molecular flexibility index (Phi) is 4.43. The summed E-state index contributed by atoms with van der Waals surface area (Å²) in [7, 11) is 0. The largest absolute Gasteiger partial charge is 0.293 e. The van der Waals surface area contributed by atoms with Crippen LogP contribution in [0.25, 0.3) is 0 Å². The van der Waals surface area contributed by atoms with Gasteiger partial charge in [-0.05, 0) is 45.0 Å². The fourth-order valence-corrected chi connectivity index (χ4v) is 2.80. The van der Waals surface area contributed by atoms with Gasteiger partial charge in [0, 0.05) is 10.5 Å². The molecule has 0 radical (unpaired) electrons. The second-order valence-corrected chi connectivity index (χ2v) is 5.95. The van der Waals surface area contributed by atoms with Gasteiger partial charge in [0.05, 0.1) is 5.75 Å². The van der Waals surface area contributed by atoms with E-state index in [0.717, 1.165) is 21.6 Å². The topological polar surface area (TPSA) is 17.1 Å². The van der Waals surface area contributed by atoms with Crippen molar-refractivity contribution in [3.05, 3.63) is 64.7 Å². The molecule has 0 aromatic heterocycles. The number of hydrogen-bond acceptors (Lipinski definition) is 2. The highest BCUT2D eigenvalue weighted by Gasteiger charge is 2.07. The van der Waals surface area contributed by atoms with E-state index in [2.05, 4.69) is 37.3 Å². The Bertz CT molecular complexity index is 564. The maximum Gasteiger partial charge on any atom is 0.173 e. The van der Waals surface area contributed by atoms with E-state index in [1.54, 1.807) is 11.8 Å². The molecule has 0 bridgehead atoms. The molecule has 19 heavy (non-hydrogen) atoms. The smallest absolute Gasteiger partial charge is 0.173 e. The van der Waals surface area contributed by atoms with Crippen LogP contribution in [0.3, 0.4) is 0 Å². The lowest BCUT2D eigenvalue weighted by molar-refractivity contribution is 0.102. The van der Waals surface area contributed by atoms with E-state index in [4.69, 9.17) is 0 Å². The molecule has 2 heteroatoms. The number of Topliss-reactive ketones (excluding diaryl/α,β-unsaturated/α-hetero) is 1. The van der Waals surface area contributed by atoms with E-state index >= 15 is 0 Å². The van der Waals surface area contributed by atoms with Gasteiger partial charge in [-0.25, -0.2) is 0 Å². The summed E-state index contributed by atoms with van der Waals surface area (Å²) in [6.07, 6.45) is 0. The average Bonchev–Trinajstić information content (AvgIpc) is 2.36. The third-order valence-electron chi connectivity index (χ3n) is 2.93. The van der Waals surface area contributed by atoms with Crippen molar-refractivity contribution in [1.82, 2.24) is 0 Å². The third-order valence-corrected chi connectivity index (χ3v) is 3.95. The number of carbonyl (C=O) groups excluding carboxylic acids is 1. The third kappa shape index (κ3) is 3.97. The van der Waals surface area contributed by atoms with Crippen LogP contribution in [0, 0.1) is 20.8 Å². The minimum Gasteiger partial charge on any atom is -0.293 e. The number of thioether (sulfide) groups is 1. The number of ketones is 1. The van der Waals surface area contributed by atoms with Gasteiger partial charge in [0.25, 0.3) is 0 Å². The first-order valence-corrected chi connectivity index (χ1v) is 7.34. The van der Waals surface area contributed by atoms with Crippen LogP contribution in [0.4, 0.5) is 0 Å². The van der Waals surface area contributed by atoms with E-state index < -0.39 is 0 Å². The molecule has 1 nitrogen and oxygen atoms in total. The maximum atomic E-state index is 12.2. The van der Waals surface area contributed by atoms with Crippen LogP contribution in [-0.4, -0.2) is 11.5 Å². The van der Waals surface area contributed by atoms with Gasteiger partial charge >= 0.3 is 0 Å². The fourth-order valence-electron chi connectivity index (χ4n) is 2.00. The predicted molar refractivity (Wildman–Crippen MR) is 82.1 cm³/mol. The van der Waals surface area contributed by atoms with Crippen molar-refractivity contribution in [2.45, 2.75) is 25.7 Å². The number of rotatable bonds is 4. The number of aryl methyl sites for hydroxylation is 3. The molecule has 0 heterocycles. The molecule has 0 amide bonds. The van der Waals surface area contributed by atoms with Crippen LogP contribution in [0.2, 0.25) is 0 Å². The van der Waals surface area contributed by atoms with E-state index in [9.17, 15) is 4.79 Å². The van der Waals surface area contributed by atoms with Crippen LogP contribution in [-0.2, 0) is 0 Å². The van der Waals surface area contributed by atoms with E-state index in [1.807, 2.05) is 26.0 Å². The lowest BCUT2D eigenvalue weighted by Gasteiger charge is -2.05. The van der Waals surface area contributed by atoms with Crippen LogP contribution >= 0.6 is 11.8 Å². The van der Waals surface area contributed by atoms with E-state index in [-0.39, 0.29) is 5.78 Å². The van der Waals surface area contributed by atoms with Gasteiger partial charge in [0.15, 0.2) is 5.78 Å². The summed E-state index contributed by atoms with van der Waals surface area (Å²) in [6, 6.07) is 14.3. The Balaban J connectivity index is 2.03. The molecular weight excluding hydrogens is 252 g/mol. The molecule has 2 aromatic rings. The lowest BCUT2D eigenvalue weighted by Crippen LogP contribution is -2.03. The normalized spacial score (nSPS) is 10.5. The SMILES string of the molecule is Cc1ccc(SCC(=O)c2cc(C)cc(C)c2)cc1. The second-order valence-electron chi connectivity index (χ2n) is 4.90. The molecule has 0 saturated heterocycles. The predicted octanol–water partition coefficient (Wildman–Crippen LogP) is 4.59. The highest BCUT2D eigenvalue weighted by molar-refractivity contribution is 8.00. The van der Waals surface area contributed by atoms with Crippen molar-refractivity contribution in [3.63, 3.8) is 0 Å².